The average Bonchev–Trinajstić information content (AvgIpc) is 3.03. The minimum Gasteiger partial charge on any atom is -0.378 e. The molecule has 0 saturated carbocycles. The minimum atomic E-state index is 0.576. The lowest BCUT2D eigenvalue weighted by atomic mass is 10.1. The summed E-state index contributed by atoms with van der Waals surface area (Å²) in [6.07, 6.45) is 9.03. The fourth-order valence-corrected chi connectivity index (χ4v) is 2.94. The second kappa shape index (κ2) is 6.48. The fourth-order valence-electron chi connectivity index (χ4n) is 2.07. The first-order valence-corrected chi connectivity index (χ1v) is 7.49. The standard InChI is InChI=1S/C15H14N4OS/c16-9-13-10-17-4-3-12(13)1-2-14-11-18-15(21-14)19-5-7-20-8-6-19/h1-4,10-11H,5-8H2/b2-1+. The molecule has 1 aliphatic heterocycles. The molecule has 1 aliphatic rings. The Morgan fingerprint density at radius 3 is 2.95 bits per heavy atom. The molecule has 3 heterocycles. The van der Waals surface area contributed by atoms with E-state index < -0.39 is 0 Å². The highest BCUT2D eigenvalue weighted by Crippen LogP contribution is 2.25. The van der Waals surface area contributed by atoms with E-state index in [2.05, 4.69) is 20.9 Å². The zero-order chi connectivity index (χ0) is 14.5. The van der Waals surface area contributed by atoms with Crippen LogP contribution in [0.4, 0.5) is 5.13 Å². The van der Waals surface area contributed by atoms with Gasteiger partial charge in [-0.1, -0.05) is 17.4 Å². The molecule has 0 spiro atoms. The van der Waals surface area contributed by atoms with Crippen LogP contribution < -0.4 is 4.90 Å². The summed E-state index contributed by atoms with van der Waals surface area (Å²) in [6.45, 7) is 3.29. The van der Waals surface area contributed by atoms with E-state index in [1.807, 2.05) is 24.4 Å². The van der Waals surface area contributed by atoms with E-state index in [9.17, 15) is 0 Å². The monoisotopic (exact) mass is 298 g/mol. The molecule has 0 amide bonds. The fraction of sp³-hybridized carbons (Fsp3) is 0.267. The normalized spacial score (nSPS) is 15.3. The van der Waals surface area contributed by atoms with Crippen molar-refractivity contribution in [1.82, 2.24) is 9.97 Å². The van der Waals surface area contributed by atoms with Gasteiger partial charge >= 0.3 is 0 Å². The van der Waals surface area contributed by atoms with Crippen molar-refractivity contribution in [3.63, 3.8) is 0 Å². The van der Waals surface area contributed by atoms with Gasteiger partial charge in [0.15, 0.2) is 5.13 Å². The molecule has 0 aromatic carbocycles. The summed E-state index contributed by atoms with van der Waals surface area (Å²) in [5, 5.41) is 10.1. The van der Waals surface area contributed by atoms with Crippen LogP contribution in [-0.2, 0) is 4.74 Å². The Morgan fingerprint density at radius 1 is 1.29 bits per heavy atom. The van der Waals surface area contributed by atoms with Gasteiger partial charge in [0.2, 0.25) is 0 Å². The molecule has 6 heteroatoms. The molecule has 1 fully saturated rings. The van der Waals surface area contributed by atoms with Gasteiger partial charge in [-0.15, -0.1) is 0 Å². The van der Waals surface area contributed by atoms with Crippen molar-refractivity contribution in [1.29, 1.82) is 5.26 Å². The van der Waals surface area contributed by atoms with E-state index in [4.69, 9.17) is 10.00 Å². The molecule has 0 radical (unpaired) electrons. The number of hydrogen-bond donors (Lipinski definition) is 0. The number of pyridine rings is 1. The van der Waals surface area contributed by atoms with Crippen LogP contribution in [0.25, 0.3) is 12.2 Å². The summed E-state index contributed by atoms with van der Waals surface area (Å²) in [7, 11) is 0. The summed E-state index contributed by atoms with van der Waals surface area (Å²) in [6, 6.07) is 3.97. The van der Waals surface area contributed by atoms with Crippen LogP contribution in [0.3, 0.4) is 0 Å². The Morgan fingerprint density at radius 2 is 2.14 bits per heavy atom. The molecule has 2 aromatic heterocycles. The Hall–Kier alpha value is -2.23. The van der Waals surface area contributed by atoms with Crippen molar-refractivity contribution >= 4 is 28.6 Å². The highest BCUT2D eigenvalue weighted by atomic mass is 32.1. The lowest BCUT2D eigenvalue weighted by Gasteiger charge is -2.25. The van der Waals surface area contributed by atoms with Gasteiger partial charge in [0.1, 0.15) is 6.07 Å². The van der Waals surface area contributed by atoms with Crippen LogP contribution in [0.2, 0.25) is 0 Å². The number of hydrogen-bond acceptors (Lipinski definition) is 6. The highest BCUT2D eigenvalue weighted by Gasteiger charge is 2.13. The second-order valence-corrected chi connectivity index (χ2v) is 5.59. The molecule has 0 atom stereocenters. The average molecular weight is 298 g/mol. The quantitative estimate of drug-likeness (QED) is 0.871. The zero-order valence-corrected chi connectivity index (χ0v) is 12.2. The Labute approximate surface area is 127 Å². The minimum absolute atomic E-state index is 0.576. The smallest absolute Gasteiger partial charge is 0.185 e. The largest absolute Gasteiger partial charge is 0.378 e. The van der Waals surface area contributed by atoms with Crippen molar-refractivity contribution in [2.45, 2.75) is 0 Å². The summed E-state index contributed by atoms with van der Waals surface area (Å²) >= 11 is 1.65. The number of aromatic nitrogens is 2. The SMILES string of the molecule is N#Cc1cnccc1/C=C/c1cnc(N2CCOCC2)s1. The van der Waals surface area contributed by atoms with Gasteiger partial charge in [-0.05, 0) is 17.7 Å². The molecule has 21 heavy (non-hydrogen) atoms. The van der Waals surface area contributed by atoms with Gasteiger partial charge in [0.25, 0.3) is 0 Å². The maximum absolute atomic E-state index is 9.04. The van der Waals surface area contributed by atoms with E-state index in [0.29, 0.717) is 5.56 Å². The van der Waals surface area contributed by atoms with Crippen LogP contribution in [0.5, 0.6) is 0 Å². The summed E-state index contributed by atoms with van der Waals surface area (Å²) in [4.78, 5) is 11.7. The molecule has 1 saturated heterocycles. The third kappa shape index (κ3) is 3.27. The topological polar surface area (TPSA) is 62.0 Å². The van der Waals surface area contributed by atoms with Crippen molar-refractivity contribution < 1.29 is 4.74 Å². The van der Waals surface area contributed by atoms with E-state index >= 15 is 0 Å². The van der Waals surface area contributed by atoms with E-state index in [1.165, 1.54) is 0 Å². The molecule has 106 valence electrons. The maximum Gasteiger partial charge on any atom is 0.185 e. The molecule has 0 unspecified atom stereocenters. The first-order chi connectivity index (χ1) is 10.4. The lowest BCUT2D eigenvalue weighted by molar-refractivity contribution is 0.122. The first-order valence-electron chi connectivity index (χ1n) is 6.67. The predicted molar refractivity (Wildman–Crippen MR) is 83.0 cm³/mol. The van der Waals surface area contributed by atoms with Gasteiger partial charge < -0.3 is 9.64 Å². The molecular weight excluding hydrogens is 284 g/mol. The summed E-state index contributed by atoms with van der Waals surface area (Å²) < 4.78 is 5.34. The van der Waals surface area contributed by atoms with Crippen LogP contribution in [0, 0.1) is 11.3 Å². The van der Waals surface area contributed by atoms with Crippen LogP contribution in [-0.4, -0.2) is 36.3 Å². The van der Waals surface area contributed by atoms with Gasteiger partial charge in [-0.25, -0.2) is 4.98 Å². The highest BCUT2D eigenvalue weighted by molar-refractivity contribution is 7.16. The predicted octanol–water partition coefficient (Wildman–Crippen LogP) is 2.42. The molecule has 3 rings (SSSR count). The van der Waals surface area contributed by atoms with E-state index in [-0.39, 0.29) is 0 Å². The number of anilines is 1. The number of nitrogens with zero attached hydrogens (tertiary/aromatic N) is 4. The Kier molecular flexibility index (Phi) is 4.24. The number of thiazole rings is 1. The Balaban J connectivity index is 1.75. The Bertz CT molecular complexity index is 683. The zero-order valence-electron chi connectivity index (χ0n) is 11.4. The number of rotatable bonds is 3. The van der Waals surface area contributed by atoms with E-state index in [1.54, 1.807) is 23.7 Å². The van der Waals surface area contributed by atoms with Gasteiger partial charge in [0, 0.05) is 36.6 Å². The molecule has 0 bridgehead atoms. The number of ether oxygens (including phenoxy) is 1. The molecule has 0 N–H and O–H groups in total. The van der Waals surface area contributed by atoms with Crippen molar-refractivity contribution in [3.8, 4) is 6.07 Å². The third-order valence-electron chi connectivity index (χ3n) is 3.20. The van der Waals surface area contributed by atoms with Crippen molar-refractivity contribution in [3.05, 3.63) is 40.7 Å². The van der Waals surface area contributed by atoms with Crippen molar-refractivity contribution in [2.75, 3.05) is 31.2 Å². The molecule has 5 nitrogen and oxygen atoms in total. The van der Waals surface area contributed by atoms with Crippen LogP contribution in [0.15, 0.2) is 24.7 Å². The number of nitriles is 1. The van der Waals surface area contributed by atoms with E-state index in [0.717, 1.165) is 41.9 Å². The maximum atomic E-state index is 9.04. The van der Waals surface area contributed by atoms with Crippen LogP contribution in [0.1, 0.15) is 16.0 Å². The lowest BCUT2D eigenvalue weighted by Crippen LogP contribution is -2.36. The second-order valence-electron chi connectivity index (χ2n) is 4.55. The van der Waals surface area contributed by atoms with Gasteiger partial charge in [-0.2, -0.15) is 5.26 Å². The summed E-state index contributed by atoms with van der Waals surface area (Å²) in [5.41, 5.74) is 1.44. The van der Waals surface area contributed by atoms with Gasteiger partial charge in [-0.3, -0.25) is 4.98 Å². The van der Waals surface area contributed by atoms with Gasteiger partial charge in [0.05, 0.1) is 18.8 Å². The molecule has 0 aliphatic carbocycles. The molecular formula is C15H14N4OS. The third-order valence-corrected chi connectivity index (χ3v) is 4.22. The molecule has 2 aromatic rings. The number of morpholine rings is 1. The van der Waals surface area contributed by atoms with Crippen LogP contribution >= 0.6 is 11.3 Å². The first kappa shape index (κ1) is 13.7. The summed E-state index contributed by atoms with van der Waals surface area (Å²) in [5.74, 6) is 0. The van der Waals surface area contributed by atoms with Crippen molar-refractivity contribution in [2.24, 2.45) is 0 Å².